The fraction of sp³-hybridized carbons (Fsp3) is 0.588. The van der Waals surface area contributed by atoms with Crippen LogP contribution in [-0.4, -0.2) is 62.2 Å². The molecule has 1 aliphatic carbocycles. The van der Waals surface area contributed by atoms with Crippen LogP contribution in [0, 0.1) is 5.92 Å². The molecule has 0 radical (unpaired) electrons. The van der Waals surface area contributed by atoms with Crippen molar-refractivity contribution in [2.24, 2.45) is 5.92 Å². The Labute approximate surface area is 148 Å². The average Bonchev–Trinajstić information content (AvgIpc) is 2.95. The molecule has 5 nitrogen and oxygen atoms in total. The Kier molecular flexibility index (Phi) is 5.12. The highest BCUT2D eigenvalue weighted by atomic mass is 19.3. The van der Waals surface area contributed by atoms with Crippen LogP contribution in [0.25, 0.3) is 0 Å². The number of halogens is 4. The maximum atomic E-state index is 13.2. The zero-order valence-electron chi connectivity index (χ0n) is 14.3. The molecule has 1 aromatic rings. The summed E-state index contributed by atoms with van der Waals surface area (Å²) in [6.07, 6.45) is -7.87. The van der Waals surface area contributed by atoms with E-state index in [4.69, 9.17) is 4.74 Å². The van der Waals surface area contributed by atoms with E-state index >= 15 is 0 Å². The third-order valence-corrected chi connectivity index (χ3v) is 4.88. The van der Waals surface area contributed by atoms with Crippen LogP contribution in [0.5, 0.6) is 5.75 Å². The van der Waals surface area contributed by atoms with Crippen LogP contribution >= 0.6 is 0 Å². The maximum Gasteiger partial charge on any atom is 0.461 e. The van der Waals surface area contributed by atoms with Crippen LogP contribution in [0.2, 0.25) is 0 Å². The van der Waals surface area contributed by atoms with Crippen molar-refractivity contribution in [1.82, 2.24) is 10.2 Å². The number of hydrogen-bond donors (Lipinski definition) is 1. The second-order valence-corrected chi connectivity index (χ2v) is 6.70. The van der Waals surface area contributed by atoms with Crippen LogP contribution in [-0.2, 0) is 4.74 Å². The average molecular weight is 376 g/mol. The van der Waals surface area contributed by atoms with Crippen LogP contribution in [0.4, 0.5) is 17.6 Å². The third-order valence-electron chi connectivity index (χ3n) is 4.88. The predicted molar refractivity (Wildman–Crippen MR) is 84.6 cm³/mol. The van der Waals surface area contributed by atoms with Crippen molar-refractivity contribution in [2.75, 3.05) is 20.7 Å². The van der Waals surface area contributed by atoms with E-state index in [1.54, 1.807) is 0 Å². The van der Waals surface area contributed by atoms with Gasteiger partial charge in [-0.15, -0.1) is 0 Å². The zero-order valence-corrected chi connectivity index (χ0v) is 14.3. The molecule has 0 unspecified atom stereocenters. The quantitative estimate of drug-likeness (QED) is 0.775. The molecule has 1 saturated heterocycles. The lowest BCUT2D eigenvalue weighted by Crippen LogP contribution is -2.69. The summed E-state index contributed by atoms with van der Waals surface area (Å²) < 4.78 is 61.0. The van der Waals surface area contributed by atoms with Crippen LogP contribution in [0.3, 0.4) is 0 Å². The molecule has 2 aliphatic rings. The number of para-hydroxylation sites is 1. The number of rotatable bonds is 6. The molecule has 3 rings (SSSR count). The molecule has 1 heterocycles. The summed E-state index contributed by atoms with van der Waals surface area (Å²) in [6.45, 7) is 0.604. The summed E-state index contributed by atoms with van der Waals surface area (Å²) >= 11 is 0. The second kappa shape index (κ2) is 7.03. The molecule has 1 aromatic carbocycles. The topological polar surface area (TPSA) is 50.8 Å². The Hall–Kier alpha value is -1.87. The number of nitrogens with zero attached hydrogens (tertiary/aromatic N) is 1. The van der Waals surface area contributed by atoms with E-state index in [1.807, 2.05) is 19.0 Å². The predicted octanol–water partition coefficient (Wildman–Crippen LogP) is 2.37. The first-order valence-electron chi connectivity index (χ1n) is 8.25. The number of fused-ring (bicyclic) bond motifs is 1. The molecule has 1 amide bonds. The summed E-state index contributed by atoms with van der Waals surface area (Å²) in [5.41, 5.74) is -0.215. The molecule has 2 fully saturated rings. The molecule has 9 heteroatoms. The Morgan fingerprint density at radius 1 is 1.35 bits per heavy atom. The Bertz CT molecular complexity index is 671. The fourth-order valence-electron chi connectivity index (χ4n) is 3.65. The van der Waals surface area contributed by atoms with E-state index in [0.29, 0.717) is 6.61 Å². The van der Waals surface area contributed by atoms with Crippen LogP contribution in [0.1, 0.15) is 16.8 Å². The number of carbonyl (C=O) groups is 1. The summed E-state index contributed by atoms with van der Waals surface area (Å²) in [5.74, 6) is -1.09. The SMILES string of the molecule is CN(C)[C@@H]1[C@@H](NC(=O)c2ccccc2OC(F)(F)C(F)F)[C@H]2CCO[C@H]21. The zero-order chi connectivity index (χ0) is 19.1. The van der Waals surface area contributed by atoms with Crippen molar-refractivity contribution in [3.05, 3.63) is 29.8 Å². The minimum Gasteiger partial charge on any atom is -0.427 e. The van der Waals surface area contributed by atoms with E-state index in [2.05, 4.69) is 10.1 Å². The molecule has 144 valence electrons. The molecule has 1 aliphatic heterocycles. The van der Waals surface area contributed by atoms with Gasteiger partial charge in [0.2, 0.25) is 0 Å². The van der Waals surface area contributed by atoms with Gasteiger partial charge in [0.15, 0.2) is 0 Å². The number of amides is 1. The summed E-state index contributed by atoms with van der Waals surface area (Å²) in [4.78, 5) is 14.5. The molecule has 0 aromatic heterocycles. The molecule has 1 saturated carbocycles. The van der Waals surface area contributed by atoms with E-state index in [9.17, 15) is 22.4 Å². The molecule has 4 atom stereocenters. The number of hydrogen-bond acceptors (Lipinski definition) is 4. The first-order chi connectivity index (χ1) is 12.2. The minimum absolute atomic E-state index is 0.0185. The van der Waals surface area contributed by atoms with Crippen molar-refractivity contribution in [2.45, 2.75) is 37.1 Å². The smallest absolute Gasteiger partial charge is 0.427 e. The molecule has 26 heavy (non-hydrogen) atoms. The van der Waals surface area contributed by atoms with Crippen molar-refractivity contribution < 1.29 is 31.8 Å². The first-order valence-corrected chi connectivity index (χ1v) is 8.25. The lowest BCUT2D eigenvalue weighted by Gasteiger charge is -2.50. The Morgan fingerprint density at radius 3 is 2.69 bits per heavy atom. The molecular formula is C17H20F4N2O3. The minimum atomic E-state index is -4.68. The molecule has 0 bridgehead atoms. The van der Waals surface area contributed by atoms with E-state index in [1.165, 1.54) is 18.2 Å². The Morgan fingerprint density at radius 2 is 2.04 bits per heavy atom. The van der Waals surface area contributed by atoms with E-state index < -0.39 is 24.2 Å². The number of nitrogens with one attached hydrogen (secondary N) is 1. The number of likely N-dealkylation sites (N-methyl/N-ethyl adjacent to an activating group) is 1. The number of carbonyl (C=O) groups excluding carboxylic acids is 1. The molecule has 0 spiro atoms. The highest BCUT2D eigenvalue weighted by Crippen LogP contribution is 2.41. The number of benzene rings is 1. The van der Waals surface area contributed by atoms with Crippen LogP contribution in [0.15, 0.2) is 24.3 Å². The van der Waals surface area contributed by atoms with Gasteiger partial charge in [-0.3, -0.25) is 4.79 Å². The molecule has 1 N–H and O–H groups in total. The normalized spacial score (nSPS) is 28.0. The second-order valence-electron chi connectivity index (χ2n) is 6.70. The lowest BCUT2D eigenvalue weighted by molar-refractivity contribution is -0.253. The first kappa shape index (κ1) is 18.9. The highest BCUT2D eigenvalue weighted by Gasteiger charge is 2.55. The fourth-order valence-corrected chi connectivity index (χ4v) is 3.65. The van der Waals surface area contributed by atoms with Gasteiger partial charge in [-0.25, -0.2) is 0 Å². The third kappa shape index (κ3) is 3.37. The van der Waals surface area contributed by atoms with Gasteiger partial charge in [0, 0.05) is 12.5 Å². The number of ether oxygens (including phenoxy) is 2. The van der Waals surface area contributed by atoms with Crippen LogP contribution < -0.4 is 10.1 Å². The highest BCUT2D eigenvalue weighted by molar-refractivity contribution is 5.97. The van der Waals surface area contributed by atoms with Gasteiger partial charge in [0.05, 0.1) is 23.8 Å². The van der Waals surface area contributed by atoms with Crippen molar-refractivity contribution >= 4 is 5.91 Å². The van der Waals surface area contributed by atoms with Crippen molar-refractivity contribution in [3.8, 4) is 5.75 Å². The van der Waals surface area contributed by atoms with Gasteiger partial charge in [-0.05, 0) is 32.6 Å². The largest absolute Gasteiger partial charge is 0.461 e. The monoisotopic (exact) mass is 376 g/mol. The number of alkyl halides is 4. The van der Waals surface area contributed by atoms with Gasteiger partial charge < -0.3 is 19.7 Å². The van der Waals surface area contributed by atoms with Crippen molar-refractivity contribution in [1.29, 1.82) is 0 Å². The standard InChI is InChI=1S/C17H20F4N2O3/c1-23(2)13-12(10-7-8-25-14(10)13)22-15(24)9-5-3-4-6-11(9)26-17(20,21)16(18)19/h3-6,10,12-14,16H,7-8H2,1-2H3,(H,22,24)/t10-,12+,13-,14-/m1/s1. The summed E-state index contributed by atoms with van der Waals surface area (Å²) in [7, 11) is 3.73. The van der Waals surface area contributed by atoms with Gasteiger partial charge in [-0.2, -0.15) is 17.6 Å². The van der Waals surface area contributed by atoms with Gasteiger partial charge in [-0.1, -0.05) is 12.1 Å². The molecular weight excluding hydrogens is 356 g/mol. The maximum absolute atomic E-state index is 13.2. The summed E-state index contributed by atoms with van der Waals surface area (Å²) in [5, 5.41) is 2.82. The van der Waals surface area contributed by atoms with E-state index in [-0.39, 0.29) is 29.7 Å². The van der Waals surface area contributed by atoms with Gasteiger partial charge in [0.25, 0.3) is 5.91 Å². The van der Waals surface area contributed by atoms with Crippen molar-refractivity contribution in [3.63, 3.8) is 0 Å². The Balaban J connectivity index is 1.76. The summed E-state index contributed by atoms with van der Waals surface area (Å²) in [6, 6.07) is 4.86. The lowest BCUT2D eigenvalue weighted by atomic mass is 9.71. The van der Waals surface area contributed by atoms with Gasteiger partial charge in [0.1, 0.15) is 5.75 Å². The van der Waals surface area contributed by atoms with Gasteiger partial charge >= 0.3 is 12.5 Å². The van der Waals surface area contributed by atoms with E-state index in [0.717, 1.165) is 12.5 Å².